The fraction of sp³-hybridized carbons (Fsp3) is 0.125. The molecule has 0 fully saturated rings. The van der Waals surface area contributed by atoms with Gasteiger partial charge in [-0.2, -0.15) is 5.10 Å². The summed E-state index contributed by atoms with van der Waals surface area (Å²) in [7, 11) is 3.09. The summed E-state index contributed by atoms with van der Waals surface area (Å²) in [6, 6.07) is 18.4. The molecule has 0 aromatic heterocycles. The zero-order valence-electron chi connectivity index (χ0n) is 17.5. The van der Waals surface area contributed by atoms with E-state index in [4.69, 9.17) is 25.8 Å². The number of halogens is 1. The van der Waals surface area contributed by atoms with E-state index in [9.17, 15) is 9.59 Å². The van der Waals surface area contributed by atoms with E-state index < -0.39 is 5.97 Å². The molecule has 0 aliphatic carbocycles. The van der Waals surface area contributed by atoms with Gasteiger partial charge in [-0.25, -0.2) is 10.2 Å². The van der Waals surface area contributed by atoms with Crippen LogP contribution in [0.25, 0.3) is 0 Å². The van der Waals surface area contributed by atoms with Gasteiger partial charge in [-0.1, -0.05) is 17.7 Å². The molecule has 0 heterocycles. The van der Waals surface area contributed by atoms with Gasteiger partial charge in [-0.3, -0.25) is 4.79 Å². The van der Waals surface area contributed by atoms with Crippen molar-refractivity contribution in [2.45, 2.75) is 6.42 Å². The maximum absolute atomic E-state index is 12.1. The van der Waals surface area contributed by atoms with E-state index in [1.54, 1.807) is 73.8 Å². The van der Waals surface area contributed by atoms with Gasteiger partial charge in [0.2, 0.25) is 5.91 Å². The minimum atomic E-state index is -0.481. The number of hydrazone groups is 1. The Kier molecular flexibility index (Phi) is 7.83. The highest BCUT2D eigenvalue weighted by atomic mass is 35.5. The van der Waals surface area contributed by atoms with Crippen molar-refractivity contribution in [3.63, 3.8) is 0 Å². The van der Waals surface area contributed by atoms with Crippen LogP contribution in [0.15, 0.2) is 71.8 Å². The Morgan fingerprint density at radius 3 is 2.28 bits per heavy atom. The van der Waals surface area contributed by atoms with Crippen LogP contribution in [0, 0.1) is 0 Å². The maximum Gasteiger partial charge on any atom is 0.343 e. The number of amides is 1. The fourth-order valence-electron chi connectivity index (χ4n) is 2.77. The van der Waals surface area contributed by atoms with Gasteiger partial charge in [0.05, 0.1) is 32.4 Å². The Labute approximate surface area is 190 Å². The smallest absolute Gasteiger partial charge is 0.343 e. The number of carbonyl (C=O) groups is 2. The minimum absolute atomic E-state index is 0.136. The molecule has 1 amide bonds. The molecule has 7 nitrogen and oxygen atoms in total. The van der Waals surface area contributed by atoms with Crippen molar-refractivity contribution in [3.8, 4) is 17.2 Å². The molecule has 8 heteroatoms. The van der Waals surface area contributed by atoms with E-state index >= 15 is 0 Å². The Morgan fingerprint density at radius 1 is 0.938 bits per heavy atom. The molecule has 0 aliphatic heterocycles. The first-order valence-corrected chi connectivity index (χ1v) is 9.97. The second-order valence-electron chi connectivity index (χ2n) is 6.62. The molecule has 0 spiro atoms. The first-order chi connectivity index (χ1) is 15.5. The van der Waals surface area contributed by atoms with Crippen LogP contribution in [0.2, 0.25) is 5.02 Å². The van der Waals surface area contributed by atoms with Crippen LogP contribution in [0.1, 0.15) is 21.5 Å². The molecule has 0 radical (unpaired) electrons. The predicted molar refractivity (Wildman–Crippen MR) is 122 cm³/mol. The Morgan fingerprint density at radius 2 is 1.62 bits per heavy atom. The van der Waals surface area contributed by atoms with E-state index in [1.807, 2.05) is 0 Å². The summed E-state index contributed by atoms with van der Waals surface area (Å²) < 4.78 is 15.7. The average molecular weight is 453 g/mol. The zero-order valence-corrected chi connectivity index (χ0v) is 18.3. The number of esters is 1. The highest BCUT2D eigenvalue weighted by molar-refractivity contribution is 6.30. The normalized spacial score (nSPS) is 10.6. The largest absolute Gasteiger partial charge is 0.493 e. The summed E-state index contributed by atoms with van der Waals surface area (Å²) in [6.07, 6.45) is 1.63. The number of carbonyl (C=O) groups excluding carboxylic acids is 2. The molecule has 1 N–H and O–H groups in total. The molecular formula is C24H21ClN2O5. The van der Waals surface area contributed by atoms with Crippen molar-refractivity contribution in [2.24, 2.45) is 5.10 Å². The van der Waals surface area contributed by atoms with Gasteiger partial charge in [-0.05, 0) is 71.8 Å². The van der Waals surface area contributed by atoms with E-state index in [2.05, 4.69) is 10.5 Å². The summed E-state index contributed by atoms with van der Waals surface area (Å²) in [5, 5.41) is 4.50. The quantitative estimate of drug-likeness (QED) is 0.239. The number of hydrogen-bond donors (Lipinski definition) is 1. The molecule has 0 unspecified atom stereocenters. The van der Waals surface area contributed by atoms with Gasteiger partial charge in [0.1, 0.15) is 5.75 Å². The Hall–Kier alpha value is -3.84. The van der Waals surface area contributed by atoms with Crippen LogP contribution in [0.3, 0.4) is 0 Å². The third-order valence-corrected chi connectivity index (χ3v) is 4.64. The predicted octanol–water partition coefficient (Wildman–Crippen LogP) is 4.27. The van der Waals surface area contributed by atoms with Crippen molar-refractivity contribution in [1.82, 2.24) is 5.43 Å². The summed E-state index contributed by atoms with van der Waals surface area (Å²) in [5.74, 6) is 0.780. The number of hydrogen-bond acceptors (Lipinski definition) is 6. The number of methoxy groups -OCH3 is 2. The van der Waals surface area contributed by atoms with Gasteiger partial charge in [-0.15, -0.1) is 0 Å². The molecular weight excluding hydrogens is 432 g/mol. The standard InChI is InChI=1S/C24H21ClN2O5/c1-30-21-12-5-17(13-22(21)31-2)14-23(28)27-26-15-16-3-10-20(11-4-16)32-24(29)18-6-8-19(25)9-7-18/h3-13,15H,14H2,1-2H3,(H,27,28)/b26-15+. The minimum Gasteiger partial charge on any atom is -0.493 e. The van der Waals surface area contributed by atoms with Crippen LogP contribution in [0.5, 0.6) is 17.2 Å². The third-order valence-electron chi connectivity index (χ3n) is 4.39. The molecule has 3 aromatic rings. The molecule has 0 saturated heterocycles. The SMILES string of the molecule is COc1ccc(CC(=O)N/N=C/c2ccc(OC(=O)c3ccc(Cl)cc3)cc2)cc1OC. The Bertz CT molecular complexity index is 1110. The second kappa shape index (κ2) is 11.0. The van der Waals surface area contributed by atoms with Crippen molar-refractivity contribution in [2.75, 3.05) is 14.2 Å². The first-order valence-electron chi connectivity index (χ1n) is 9.59. The van der Waals surface area contributed by atoms with E-state index in [0.717, 1.165) is 11.1 Å². The molecule has 3 aromatic carbocycles. The summed E-state index contributed by atoms with van der Waals surface area (Å²) in [4.78, 5) is 24.3. The van der Waals surface area contributed by atoms with Crippen molar-refractivity contribution >= 4 is 29.7 Å². The lowest BCUT2D eigenvalue weighted by molar-refractivity contribution is -0.120. The number of nitrogens with one attached hydrogen (secondary N) is 1. The molecule has 0 bridgehead atoms. The van der Waals surface area contributed by atoms with Crippen molar-refractivity contribution in [1.29, 1.82) is 0 Å². The molecule has 0 atom stereocenters. The average Bonchev–Trinajstić information content (AvgIpc) is 2.80. The van der Waals surface area contributed by atoms with Gasteiger partial charge in [0.15, 0.2) is 11.5 Å². The maximum atomic E-state index is 12.1. The van der Waals surface area contributed by atoms with Crippen LogP contribution < -0.4 is 19.6 Å². The molecule has 0 saturated carbocycles. The fourth-order valence-corrected chi connectivity index (χ4v) is 2.89. The summed E-state index contributed by atoms with van der Waals surface area (Å²) >= 11 is 5.82. The highest BCUT2D eigenvalue weighted by Crippen LogP contribution is 2.27. The lowest BCUT2D eigenvalue weighted by atomic mass is 10.1. The highest BCUT2D eigenvalue weighted by Gasteiger charge is 2.09. The van der Waals surface area contributed by atoms with Gasteiger partial charge >= 0.3 is 5.97 Å². The Balaban J connectivity index is 1.51. The number of ether oxygens (including phenoxy) is 3. The molecule has 3 rings (SSSR count). The van der Waals surface area contributed by atoms with Crippen LogP contribution in [0.4, 0.5) is 0 Å². The van der Waals surface area contributed by atoms with Gasteiger partial charge < -0.3 is 14.2 Å². The monoisotopic (exact) mass is 452 g/mol. The van der Waals surface area contributed by atoms with E-state index in [0.29, 0.717) is 27.8 Å². The summed E-state index contributed by atoms with van der Waals surface area (Å²) in [5.41, 5.74) is 4.37. The van der Waals surface area contributed by atoms with Crippen LogP contribution in [-0.2, 0) is 11.2 Å². The van der Waals surface area contributed by atoms with E-state index in [1.165, 1.54) is 13.3 Å². The van der Waals surface area contributed by atoms with Crippen LogP contribution in [-0.4, -0.2) is 32.3 Å². The number of nitrogens with zero attached hydrogens (tertiary/aromatic N) is 1. The topological polar surface area (TPSA) is 86.2 Å². The van der Waals surface area contributed by atoms with Crippen molar-refractivity contribution < 1.29 is 23.8 Å². The van der Waals surface area contributed by atoms with Gasteiger partial charge in [0, 0.05) is 5.02 Å². The van der Waals surface area contributed by atoms with Gasteiger partial charge in [0.25, 0.3) is 0 Å². The second-order valence-corrected chi connectivity index (χ2v) is 7.06. The van der Waals surface area contributed by atoms with E-state index in [-0.39, 0.29) is 12.3 Å². The molecule has 164 valence electrons. The summed E-state index contributed by atoms with van der Waals surface area (Å²) in [6.45, 7) is 0. The zero-order chi connectivity index (χ0) is 22.9. The molecule has 0 aliphatic rings. The first kappa shape index (κ1) is 22.8. The van der Waals surface area contributed by atoms with Crippen molar-refractivity contribution in [3.05, 3.63) is 88.4 Å². The van der Waals surface area contributed by atoms with Crippen LogP contribution >= 0.6 is 11.6 Å². The lowest BCUT2D eigenvalue weighted by Gasteiger charge is -2.09. The number of rotatable bonds is 8. The number of benzene rings is 3. The third kappa shape index (κ3) is 6.33. The molecule has 32 heavy (non-hydrogen) atoms. The lowest BCUT2D eigenvalue weighted by Crippen LogP contribution is -2.19.